The molecular formula is C28H46O3. The van der Waals surface area contributed by atoms with Crippen molar-refractivity contribution in [2.45, 2.75) is 117 Å². The molecule has 2 heterocycles. The molecule has 2 bridgehead atoms. The number of aliphatic hydroxyl groups is 1. The van der Waals surface area contributed by atoms with Crippen LogP contribution < -0.4 is 0 Å². The first-order valence-corrected chi connectivity index (χ1v) is 13.3. The van der Waals surface area contributed by atoms with E-state index in [1.165, 1.54) is 25.7 Å². The molecule has 1 N–H and O–H groups in total. The third kappa shape index (κ3) is 2.94. The molecule has 0 amide bonds. The third-order valence-corrected chi connectivity index (χ3v) is 11.6. The van der Waals surface area contributed by atoms with Crippen LogP contribution in [0.15, 0.2) is 12.2 Å². The highest BCUT2D eigenvalue weighted by atomic mass is 17.2. The van der Waals surface area contributed by atoms with E-state index < -0.39 is 0 Å². The molecule has 2 aliphatic heterocycles. The van der Waals surface area contributed by atoms with E-state index in [4.69, 9.17) is 9.78 Å². The molecule has 0 unspecified atom stereocenters. The summed E-state index contributed by atoms with van der Waals surface area (Å²) in [5, 5.41) is 10.4. The number of rotatable bonds is 4. The van der Waals surface area contributed by atoms with Gasteiger partial charge in [0.2, 0.25) is 0 Å². The number of hydrogen-bond acceptors (Lipinski definition) is 3. The van der Waals surface area contributed by atoms with Gasteiger partial charge in [0.1, 0.15) is 11.2 Å². The van der Waals surface area contributed by atoms with Gasteiger partial charge in [0.05, 0.1) is 6.10 Å². The van der Waals surface area contributed by atoms with Crippen LogP contribution in [0.1, 0.15) is 99.3 Å². The van der Waals surface area contributed by atoms with E-state index in [9.17, 15) is 5.11 Å². The second-order valence-electron chi connectivity index (χ2n) is 13.1. The van der Waals surface area contributed by atoms with Crippen LogP contribution >= 0.6 is 0 Å². The van der Waals surface area contributed by atoms with Crippen molar-refractivity contribution >= 4 is 0 Å². The summed E-state index contributed by atoms with van der Waals surface area (Å²) in [5.74, 6) is 3.89. The first kappa shape index (κ1) is 22.4. The Bertz CT molecular complexity index is 720. The molecule has 3 heteroatoms. The quantitative estimate of drug-likeness (QED) is 0.398. The molecule has 0 aromatic heterocycles. The predicted molar refractivity (Wildman–Crippen MR) is 124 cm³/mol. The van der Waals surface area contributed by atoms with Gasteiger partial charge in [-0.1, -0.05) is 53.7 Å². The largest absolute Gasteiger partial charge is 0.393 e. The molecule has 0 radical (unpaired) electrons. The predicted octanol–water partition coefficient (Wildman–Crippen LogP) is 6.70. The van der Waals surface area contributed by atoms with E-state index >= 15 is 0 Å². The van der Waals surface area contributed by atoms with Crippen molar-refractivity contribution in [3.05, 3.63) is 12.2 Å². The molecule has 2 saturated heterocycles. The van der Waals surface area contributed by atoms with Crippen LogP contribution in [0.4, 0.5) is 0 Å². The fourth-order valence-corrected chi connectivity index (χ4v) is 9.32. The number of hydrogen-bond donors (Lipinski definition) is 1. The van der Waals surface area contributed by atoms with Gasteiger partial charge in [-0.3, -0.25) is 0 Å². The molecule has 10 atom stereocenters. The lowest BCUT2D eigenvalue weighted by molar-refractivity contribution is -0.536. The van der Waals surface area contributed by atoms with Gasteiger partial charge in [0.25, 0.3) is 0 Å². The van der Waals surface area contributed by atoms with Crippen molar-refractivity contribution in [2.24, 2.45) is 46.3 Å². The summed E-state index contributed by atoms with van der Waals surface area (Å²) < 4.78 is 0. The Hall–Kier alpha value is -0.380. The van der Waals surface area contributed by atoms with Crippen LogP contribution in [0.3, 0.4) is 0 Å². The minimum Gasteiger partial charge on any atom is -0.393 e. The average molecular weight is 431 g/mol. The Morgan fingerprint density at radius 2 is 1.61 bits per heavy atom. The first-order chi connectivity index (χ1) is 14.6. The van der Waals surface area contributed by atoms with Crippen LogP contribution in [-0.2, 0) is 9.78 Å². The second kappa shape index (κ2) is 7.31. The first-order valence-electron chi connectivity index (χ1n) is 13.3. The fraction of sp³-hybridized carbons (Fsp3) is 0.929. The van der Waals surface area contributed by atoms with E-state index in [-0.39, 0.29) is 22.7 Å². The van der Waals surface area contributed by atoms with Crippen LogP contribution in [0.25, 0.3) is 0 Å². The summed E-state index contributed by atoms with van der Waals surface area (Å²) in [6.45, 7) is 14.5. The number of fused-ring (bicyclic) bond motifs is 3. The maximum Gasteiger partial charge on any atom is 0.112 e. The Labute approximate surface area is 190 Å². The van der Waals surface area contributed by atoms with Gasteiger partial charge in [-0.25, -0.2) is 9.78 Å². The molecule has 4 saturated carbocycles. The minimum absolute atomic E-state index is 0.102. The average Bonchev–Trinajstić information content (AvgIpc) is 3.09. The minimum atomic E-state index is -0.258. The number of aliphatic hydroxyl groups excluding tert-OH is 1. The maximum absolute atomic E-state index is 10.4. The highest BCUT2D eigenvalue weighted by Crippen LogP contribution is 2.74. The molecule has 6 aliphatic rings. The number of allylic oxidation sites excluding steroid dienone is 2. The van der Waals surface area contributed by atoms with Crippen molar-refractivity contribution in [3.8, 4) is 0 Å². The molecular weight excluding hydrogens is 384 g/mol. The van der Waals surface area contributed by atoms with Gasteiger partial charge in [0.15, 0.2) is 0 Å². The van der Waals surface area contributed by atoms with E-state index in [1.807, 2.05) is 0 Å². The highest BCUT2D eigenvalue weighted by molar-refractivity contribution is 5.23. The Morgan fingerprint density at radius 1 is 0.839 bits per heavy atom. The van der Waals surface area contributed by atoms with Crippen LogP contribution in [0.5, 0.6) is 0 Å². The second-order valence-corrected chi connectivity index (χ2v) is 13.1. The smallest absolute Gasteiger partial charge is 0.112 e. The van der Waals surface area contributed by atoms with E-state index in [1.54, 1.807) is 0 Å². The third-order valence-electron chi connectivity index (χ3n) is 11.6. The maximum atomic E-state index is 10.4. The van der Waals surface area contributed by atoms with Gasteiger partial charge < -0.3 is 5.11 Å². The highest BCUT2D eigenvalue weighted by Gasteiger charge is 2.75. The van der Waals surface area contributed by atoms with E-state index in [0.717, 1.165) is 38.0 Å². The molecule has 3 nitrogen and oxygen atoms in total. The lowest BCUT2D eigenvalue weighted by Crippen LogP contribution is -2.75. The zero-order valence-corrected chi connectivity index (χ0v) is 20.8. The Balaban J connectivity index is 1.42. The van der Waals surface area contributed by atoms with Gasteiger partial charge in [-0.2, -0.15) is 0 Å². The van der Waals surface area contributed by atoms with Crippen LogP contribution in [0.2, 0.25) is 0 Å². The van der Waals surface area contributed by atoms with E-state index in [2.05, 4.69) is 53.7 Å². The normalized spacial score (nSPS) is 53.3. The van der Waals surface area contributed by atoms with Crippen molar-refractivity contribution in [1.29, 1.82) is 0 Å². The molecule has 2 spiro atoms. The summed E-state index contributed by atoms with van der Waals surface area (Å²) in [5.41, 5.74) is 0.133. The summed E-state index contributed by atoms with van der Waals surface area (Å²) >= 11 is 0. The molecule has 176 valence electrons. The fourth-order valence-electron chi connectivity index (χ4n) is 9.32. The lowest BCUT2D eigenvalue weighted by atomic mass is 9.40. The van der Waals surface area contributed by atoms with Gasteiger partial charge in [-0.05, 0) is 92.3 Å². The van der Waals surface area contributed by atoms with Crippen molar-refractivity contribution < 1.29 is 14.9 Å². The summed E-state index contributed by atoms with van der Waals surface area (Å²) in [6, 6.07) is 0. The standard InChI is InChI=1S/C28H46O3/c1-18(2)19(3)7-8-20(4)22-9-10-23-25(22,5)13-12-24-26(6)14-11-21(29)17-27(26)15-16-28(23,24)31-30-27/h7-8,18-24,29H,9-17H2,1-6H3/b8-7+/t19-,20+,21+,22+,23-,24-,25-,26-,27-,28+/m1/s1. The molecule has 31 heavy (non-hydrogen) atoms. The molecule has 4 aliphatic carbocycles. The molecule has 0 aromatic rings. The van der Waals surface area contributed by atoms with Crippen molar-refractivity contribution in [3.63, 3.8) is 0 Å². The van der Waals surface area contributed by atoms with Crippen LogP contribution in [0, 0.1) is 46.3 Å². The zero-order valence-electron chi connectivity index (χ0n) is 20.8. The molecule has 6 fully saturated rings. The summed E-state index contributed by atoms with van der Waals surface area (Å²) in [4.78, 5) is 12.9. The molecule has 0 aromatic carbocycles. The summed E-state index contributed by atoms with van der Waals surface area (Å²) in [6.07, 6.45) is 14.9. The SMILES string of the molecule is CC(C)[C@H](C)/C=C/[C@H](C)[C@@H]1CC[C@@H]2[C@]1(C)CC[C@H]1[C@]23CC[C@]2(C[C@@H](O)CC[C@]12C)OO3. The van der Waals surface area contributed by atoms with Crippen molar-refractivity contribution in [2.75, 3.05) is 0 Å². The lowest BCUT2D eigenvalue weighted by Gasteiger charge is -2.72. The Kier molecular flexibility index (Phi) is 5.28. The molecule has 6 rings (SSSR count). The monoisotopic (exact) mass is 430 g/mol. The van der Waals surface area contributed by atoms with E-state index in [0.29, 0.717) is 35.0 Å². The summed E-state index contributed by atoms with van der Waals surface area (Å²) in [7, 11) is 0. The zero-order chi connectivity index (χ0) is 22.2. The van der Waals surface area contributed by atoms with Gasteiger partial charge >= 0.3 is 0 Å². The van der Waals surface area contributed by atoms with Gasteiger partial charge in [0, 0.05) is 11.8 Å². The van der Waals surface area contributed by atoms with Crippen LogP contribution in [-0.4, -0.2) is 22.4 Å². The topological polar surface area (TPSA) is 38.7 Å². The van der Waals surface area contributed by atoms with Crippen molar-refractivity contribution in [1.82, 2.24) is 0 Å². The Morgan fingerprint density at radius 3 is 2.29 bits per heavy atom. The van der Waals surface area contributed by atoms with Gasteiger partial charge in [-0.15, -0.1) is 0 Å².